The highest BCUT2D eigenvalue weighted by atomic mass is 19.2. The third-order valence-electron chi connectivity index (χ3n) is 3.51. The number of hydrogen-bond donors (Lipinski definition) is 1. The smallest absolute Gasteiger partial charge is 0.164 e. The highest BCUT2D eigenvalue weighted by molar-refractivity contribution is 5.21. The molecular weight excluding hydrogens is 236 g/mol. The summed E-state index contributed by atoms with van der Waals surface area (Å²) < 4.78 is 26.6. The van der Waals surface area contributed by atoms with Crippen molar-refractivity contribution < 1.29 is 13.9 Å². The average molecular weight is 255 g/mol. The molecule has 2 nitrogen and oxygen atoms in total. The second-order valence-electron chi connectivity index (χ2n) is 5.17. The van der Waals surface area contributed by atoms with E-state index in [0.29, 0.717) is 12.5 Å². The molecule has 2 unspecified atom stereocenters. The first-order valence-electron chi connectivity index (χ1n) is 6.42. The number of β-amino-alcohol motifs (C(OH)–C–C–N with tert-alkyl or cyclic N) is 1. The number of hydrogen-bond acceptors (Lipinski definition) is 2. The predicted octanol–water partition coefficient (Wildman–Crippen LogP) is 2.73. The lowest BCUT2D eigenvalue weighted by atomic mass is 9.99. The summed E-state index contributed by atoms with van der Waals surface area (Å²) in [6.45, 7) is 4.36. The van der Waals surface area contributed by atoms with Crippen LogP contribution in [0.25, 0.3) is 0 Å². The van der Waals surface area contributed by atoms with Gasteiger partial charge >= 0.3 is 0 Å². The summed E-state index contributed by atoms with van der Waals surface area (Å²) in [5.74, 6) is -1.24. The molecule has 1 aromatic rings. The minimum atomic E-state index is -0.967. The zero-order valence-corrected chi connectivity index (χ0v) is 10.6. The van der Waals surface area contributed by atoms with E-state index in [9.17, 15) is 13.9 Å². The van der Waals surface area contributed by atoms with Crippen LogP contribution in [0.4, 0.5) is 8.78 Å². The number of halogens is 2. The molecule has 0 spiro atoms. The van der Waals surface area contributed by atoms with Gasteiger partial charge in [-0.25, -0.2) is 8.78 Å². The van der Waals surface area contributed by atoms with E-state index in [4.69, 9.17) is 0 Å². The maximum absolute atomic E-state index is 13.5. The van der Waals surface area contributed by atoms with Crippen molar-refractivity contribution in [2.24, 2.45) is 5.92 Å². The van der Waals surface area contributed by atoms with Crippen LogP contribution in [0, 0.1) is 17.6 Å². The van der Waals surface area contributed by atoms with Crippen LogP contribution in [0.5, 0.6) is 0 Å². The third kappa shape index (κ3) is 3.06. The normalized spacial score (nSPS) is 23.0. The molecule has 1 fully saturated rings. The van der Waals surface area contributed by atoms with Crippen LogP contribution in [0.1, 0.15) is 31.4 Å². The van der Waals surface area contributed by atoms with E-state index < -0.39 is 17.7 Å². The summed E-state index contributed by atoms with van der Waals surface area (Å²) in [5, 5.41) is 10.0. The molecule has 0 radical (unpaired) electrons. The fourth-order valence-electron chi connectivity index (χ4n) is 2.57. The Morgan fingerprint density at radius 1 is 1.44 bits per heavy atom. The maximum atomic E-state index is 13.5. The van der Waals surface area contributed by atoms with Crippen LogP contribution in [0.3, 0.4) is 0 Å². The van der Waals surface area contributed by atoms with Crippen LogP contribution in [-0.2, 0) is 0 Å². The number of benzene rings is 1. The highest BCUT2D eigenvalue weighted by Gasteiger charge is 2.22. The van der Waals surface area contributed by atoms with Crippen molar-refractivity contribution in [2.75, 3.05) is 19.6 Å². The fraction of sp³-hybridized carbons (Fsp3) is 0.571. The molecule has 1 N–H and O–H groups in total. The van der Waals surface area contributed by atoms with Gasteiger partial charge in [-0.2, -0.15) is 0 Å². The van der Waals surface area contributed by atoms with Crippen molar-refractivity contribution in [3.63, 3.8) is 0 Å². The SMILES string of the molecule is CC1CCCN(CC(O)c2cccc(F)c2F)C1. The van der Waals surface area contributed by atoms with Gasteiger partial charge in [0.05, 0.1) is 6.10 Å². The molecule has 1 aromatic carbocycles. The van der Waals surface area contributed by atoms with E-state index >= 15 is 0 Å². The van der Waals surface area contributed by atoms with Gasteiger partial charge in [0.1, 0.15) is 0 Å². The molecular formula is C14H19F2NO. The average Bonchev–Trinajstić information content (AvgIpc) is 2.32. The minimum Gasteiger partial charge on any atom is -0.387 e. The molecule has 0 aliphatic carbocycles. The van der Waals surface area contributed by atoms with Crippen LogP contribution in [-0.4, -0.2) is 29.6 Å². The Bertz CT molecular complexity index is 411. The van der Waals surface area contributed by atoms with E-state index in [1.807, 2.05) is 0 Å². The first kappa shape index (κ1) is 13.4. The Morgan fingerprint density at radius 3 is 2.94 bits per heavy atom. The molecule has 4 heteroatoms. The van der Waals surface area contributed by atoms with Crippen molar-refractivity contribution in [2.45, 2.75) is 25.9 Å². The molecule has 2 atom stereocenters. The summed E-state index contributed by atoms with van der Waals surface area (Å²) in [6.07, 6.45) is 1.33. The van der Waals surface area contributed by atoms with Crippen molar-refractivity contribution in [3.05, 3.63) is 35.4 Å². The topological polar surface area (TPSA) is 23.5 Å². The van der Waals surface area contributed by atoms with Gasteiger partial charge in [-0.1, -0.05) is 19.1 Å². The predicted molar refractivity (Wildman–Crippen MR) is 66.2 cm³/mol. The Labute approximate surface area is 106 Å². The Morgan fingerprint density at radius 2 is 2.22 bits per heavy atom. The molecule has 18 heavy (non-hydrogen) atoms. The molecule has 1 aliphatic heterocycles. The minimum absolute atomic E-state index is 0.0493. The van der Waals surface area contributed by atoms with E-state index in [-0.39, 0.29) is 5.56 Å². The van der Waals surface area contributed by atoms with Crippen molar-refractivity contribution in [3.8, 4) is 0 Å². The van der Waals surface area contributed by atoms with E-state index in [1.165, 1.54) is 18.6 Å². The van der Waals surface area contributed by atoms with Gasteiger partial charge in [-0.05, 0) is 31.4 Å². The van der Waals surface area contributed by atoms with E-state index in [1.54, 1.807) is 0 Å². The van der Waals surface area contributed by atoms with Gasteiger partial charge in [0.2, 0.25) is 0 Å². The fourth-order valence-corrected chi connectivity index (χ4v) is 2.57. The number of aliphatic hydroxyl groups is 1. The molecule has 1 saturated heterocycles. The summed E-state index contributed by atoms with van der Waals surface area (Å²) in [7, 11) is 0. The lowest BCUT2D eigenvalue weighted by molar-refractivity contribution is 0.0849. The monoisotopic (exact) mass is 255 g/mol. The molecule has 1 aliphatic rings. The van der Waals surface area contributed by atoms with E-state index in [0.717, 1.165) is 25.6 Å². The van der Waals surface area contributed by atoms with Crippen LogP contribution in [0.2, 0.25) is 0 Å². The third-order valence-corrected chi connectivity index (χ3v) is 3.51. The number of aliphatic hydroxyl groups excluding tert-OH is 1. The van der Waals surface area contributed by atoms with E-state index in [2.05, 4.69) is 11.8 Å². The maximum Gasteiger partial charge on any atom is 0.164 e. The highest BCUT2D eigenvalue weighted by Crippen LogP contribution is 2.23. The Balaban J connectivity index is 2.02. The van der Waals surface area contributed by atoms with Crippen LogP contribution in [0.15, 0.2) is 18.2 Å². The Kier molecular flexibility index (Phi) is 4.30. The van der Waals surface area contributed by atoms with Gasteiger partial charge in [0.25, 0.3) is 0 Å². The number of likely N-dealkylation sites (tertiary alicyclic amines) is 1. The number of rotatable bonds is 3. The molecule has 0 aromatic heterocycles. The van der Waals surface area contributed by atoms with Crippen molar-refractivity contribution >= 4 is 0 Å². The molecule has 0 amide bonds. The Hall–Kier alpha value is -1.00. The van der Waals surface area contributed by atoms with Crippen molar-refractivity contribution in [1.29, 1.82) is 0 Å². The zero-order valence-electron chi connectivity index (χ0n) is 10.6. The van der Waals surface area contributed by atoms with Gasteiger partial charge in [0, 0.05) is 18.7 Å². The number of nitrogens with zero attached hydrogens (tertiary/aromatic N) is 1. The summed E-state index contributed by atoms with van der Waals surface area (Å²) in [6, 6.07) is 3.93. The lowest BCUT2D eigenvalue weighted by Gasteiger charge is -2.32. The second-order valence-corrected chi connectivity index (χ2v) is 5.17. The molecule has 100 valence electrons. The molecule has 0 saturated carbocycles. The van der Waals surface area contributed by atoms with Gasteiger partial charge in [0.15, 0.2) is 11.6 Å². The standard InChI is InChI=1S/C14H19F2NO/c1-10-4-3-7-17(8-10)9-13(18)11-5-2-6-12(15)14(11)16/h2,5-6,10,13,18H,3-4,7-9H2,1H3. The molecule has 1 heterocycles. The molecule has 2 rings (SSSR count). The first-order chi connectivity index (χ1) is 8.58. The lowest BCUT2D eigenvalue weighted by Crippen LogP contribution is -2.37. The largest absolute Gasteiger partial charge is 0.387 e. The first-order valence-corrected chi connectivity index (χ1v) is 6.42. The van der Waals surface area contributed by atoms with Crippen LogP contribution < -0.4 is 0 Å². The molecule has 0 bridgehead atoms. The van der Waals surface area contributed by atoms with Gasteiger partial charge in [-0.15, -0.1) is 0 Å². The quantitative estimate of drug-likeness (QED) is 0.897. The van der Waals surface area contributed by atoms with Gasteiger partial charge in [-0.3, -0.25) is 0 Å². The number of piperidine rings is 1. The zero-order chi connectivity index (χ0) is 13.1. The van der Waals surface area contributed by atoms with Crippen LogP contribution >= 0.6 is 0 Å². The van der Waals surface area contributed by atoms with Crippen molar-refractivity contribution in [1.82, 2.24) is 4.90 Å². The summed E-state index contributed by atoms with van der Waals surface area (Å²) in [5.41, 5.74) is 0.0493. The van der Waals surface area contributed by atoms with Gasteiger partial charge < -0.3 is 10.0 Å². The summed E-state index contributed by atoms with van der Waals surface area (Å²) in [4.78, 5) is 2.11. The second kappa shape index (κ2) is 5.76. The summed E-state index contributed by atoms with van der Waals surface area (Å²) >= 11 is 0.